The van der Waals surface area contributed by atoms with Crippen LogP contribution in [0.25, 0.3) is 0 Å². The molecule has 0 spiro atoms. The van der Waals surface area contributed by atoms with Crippen molar-refractivity contribution in [2.24, 2.45) is 0 Å². The third-order valence-corrected chi connectivity index (χ3v) is 3.56. The Morgan fingerprint density at radius 3 is 2.68 bits per heavy atom. The van der Waals surface area contributed by atoms with E-state index in [1.165, 1.54) is 0 Å². The van der Waals surface area contributed by atoms with Crippen LogP contribution in [0.1, 0.15) is 24.2 Å². The standard InChI is InChI=1S/C15H22N2O2/c1-4-16(3)14-7-5-13(6-8-14)15(18)17-9-10-19-12(2)11-17/h5-8,12H,4,9-11H2,1-3H3. The van der Waals surface area contributed by atoms with E-state index >= 15 is 0 Å². The van der Waals surface area contributed by atoms with E-state index < -0.39 is 0 Å². The lowest BCUT2D eigenvalue weighted by Crippen LogP contribution is -2.44. The molecule has 1 aromatic rings. The van der Waals surface area contributed by atoms with Crippen LogP contribution in [0, 0.1) is 0 Å². The number of carbonyl (C=O) groups is 1. The Labute approximate surface area is 115 Å². The number of amides is 1. The number of hydrogen-bond donors (Lipinski definition) is 0. The van der Waals surface area contributed by atoms with Gasteiger partial charge in [0, 0.05) is 37.9 Å². The highest BCUT2D eigenvalue weighted by Crippen LogP contribution is 2.16. The first-order valence-corrected chi connectivity index (χ1v) is 6.84. The third kappa shape index (κ3) is 3.26. The second kappa shape index (κ2) is 6.06. The lowest BCUT2D eigenvalue weighted by Gasteiger charge is -2.31. The van der Waals surface area contributed by atoms with Crippen LogP contribution in [0.2, 0.25) is 0 Å². The number of hydrogen-bond acceptors (Lipinski definition) is 3. The number of benzene rings is 1. The van der Waals surface area contributed by atoms with E-state index in [-0.39, 0.29) is 12.0 Å². The van der Waals surface area contributed by atoms with E-state index in [9.17, 15) is 4.79 Å². The maximum absolute atomic E-state index is 12.4. The highest BCUT2D eigenvalue weighted by molar-refractivity contribution is 5.94. The van der Waals surface area contributed by atoms with Gasteiger partial charge in [-0.05, 0) is 38.1 Å². The first-order chi connectivity index (χ1) is 9.11. The molecular formula is C15H22N2O2. The molecule has 1 aromatic carbocycles. The molecule has 0 saturated carbocycles. The molecule has 104 valence electrons. The summed E-state index contributed by atoms with van der Waals surface area (Å²) in [6.45, 7) is 7.04. The fourth-order valence-electron chi connectivity index (χ4n) is 2.23. The van der Waals surface area contributed by atoms with Gasteiger partial charge in [-0.3, -0.25) is 4.79 Å². The lowest BCUT2D eigenvalue weighted by atomic mass is 10.1. The van der Waals surface area contributed by atoms with Crippen molar-refractivity contribution in [3.05, 3.63) is 29.8 Å². The van der Waals surface area contributed by atoms with Crippen LogP contribution in [0.3, 0.4) is 0 Å². The third-order valence-electron chi connectivity index (χ3n) is 3.56. The summed E-state index contributed by atoms with van der Waals surface area (Å²) in [4.78, 5) is 16.4. The monoisotopic (exact) mass is 262 g/mol. The highest BCUT2D eigenvalue weighted by atomic mass is 16.5. The number of nitrogens with zero attached hydrogens (tertiary/aromatic N) is 2. The zero-order chi connectivity index (χ0) is 13.8. The van der Waals surface area contributed by atoms with Crippen LogP contribution in [-0.4, -0.2) is 50.2 Å². The van der Waals surface area contributed by atoms with Crippen molar-refractivity contribution in [3.63, 3.8) is 0 Å². The summed E-state index contributed by atoms with van der Waals surface area (Å²) in [7, 11) is 2.04. The van der Waals surface area contributed by atoms with E-state index in [0.717, 1.165) is 17.8 Å². The molecule has 1 unspecified atom stereocenters. The Hall–Kier alpha value is -1.55. The fraction of sp³-hybridized carbons (Fsp3) is 0.533. The summed E-state index contributed by atoms with van der Waals surface area (Å²) in [6, 6.07) is 7.81. The maximum atomic E-state index is 12.4. The number of rotatable bonds is 3. The molecule has 0 radical (unpaired) electrons. The molecule has 1 aliphatic rings. The van der Waals surface area contributed by atoms with Crippen LogP contribution in [-0.2, 0) is 4.74 Å². The van der Waals surface area contributed by atoms with E-state index in [4.69, 9.17) is 4.74 Å². The van der Waals surface area contributed by atoms with Gasteiger partial charge >= 0.3 is 0 Å². The van der Waals surface area contributed by atoms with Crippen molar-refractivity contribution in [1.29, 1.82) is 0 Å². The number of morpholine rings is 1. The Morgan fingerprint density at radius 1 is 1.42 bits per heavy atom. The Kier molecular flexibility index (Phi) is 4.43. The fourth-order valence-corrected chi connectivity index (χ4v) is 2.23. The van der Waals surface area contributed by atoms with Gasteiger partial charge in [-0.1, -0.05) is 0 Å². The normalized spacial score (nSPS) is 19.3. The molecule has 1 saturated heterocycles. The maximum Gasteiger partial charge on any atom is 0.254 e. The van der Waals surface area contributed by atoms with E-state index in [2.05, 4.69) is 11.8 Å². The van der Waals surface area contributed by atoms with Crippen molar-refractivity contribution in [1.82, 2.24) is 4.90 Å². The molecule has 1 amide bonds. The quantitative estimate of drug-likeness (QED) is 0.835. The van der Waals surface area contributed by atoms with Crippen LogP contribution in [0.4, 0.5) is 5.69 Å². The number of anilines is 1. The summed E-state index contributed by atoms with van der Waals surface area (Å²) in [5.74, 6) is 0.0980. The first-order valence-electron chi connectivity index (χ1n) is 6.84. The molecule has 4 nitrogen and oxygen atoms in total. The topological polar surface area (TPSA) is 32.8 Å². The molecule has 2 rings (SSSR count). The van der Waals surface area contributed by atoms with Crippen molar-refractivity contribution < 1.29 is 9.53 Å². The molecule has 1 fully saturated rings. The summed E-state index contributed by atoms with van der Waals surface area (Å²) in [5, 5.41) is 0. The van der Waals surface area contributed by atoms with E-state index in [0.29, 0.717) is 19.7 Å². The summed E-state index contributed by atoms with van der Waals surface area (Å²) in [5.41, 5.74) is 1.89. The van der Waals surface area contributed by atoms with Crippen molar-refractivity contribution in [3.8, 4) is 0 Å². The molecule has 1 atom stereocenters. The largest absolute Gasteiger partial charge is 0.375 e. The number of ether oxygens (including phenoxy) is 1. The molecule has 19 heavy (non-hydrogen) atoms. The summed E-state index contributed by atoms with van der Waals surface area (Å²) in [6.07, 6.45) is 0.128. The van der Waals surface area contributed by atoms with Gasteiger partial charge in [0.15, 0.2) is 0 Å². The molecule has 0 aromatic heterocycles. The van der Waals surface area contributed by atoms with Crippen molar-refractivity contribution >= 4 is 11.6 Å². The first kappa shape index (κ1) is 13.9. The smallest absolute Gasteiger partial charge is 0.254 e. The van der Waals surface area contributed by atoms with Gasteiger partial charge in [0.25, 0.3) is 5.91 Å². The van der Waals surface area contributed by atoms with Crippen LogP contribution < -0.4 is 4.90 Å². The molecule has 0 aliphatic carbocycles. The van der Waals surface area contributed by atoms with Gasteiger partial charge in [0.2, 0.25) is 0 Å². The van der Waals surface area contributed by atoms with Gasteiger partial charge in [-0.25, -0.2) is 0 Å². The van der Waals surface area contributed by atoms with Gasteiger partial charge in [-0.2, -0.15) is 0 Å². The van der Waals surface area contributed by atoms with Crippen molar-refractivity contribution in [2.75, 3.05) is 38.2 Å². The molecular weight excluding hydrogens is 240 g/mol. The Bertz CT molecular complexity index is 430. The Balaban J connectivity index is 2.07. The molecule has 0 N–H and O–H groups in total. The average molecular weight is 262 g/mol. The molecule has 0 bridgehead atoms. The zero-order valence-electron chi connectivity index (χ0n) is 11.9. The average Bonchev–Trinajstić information content (AvgIpc) is 2.46. The van der Waals surface area contributed by atoms with E-state index in [1.807, 2.05) is 43.1 Å². The Morgan fingerprint density at radius 2 is 2.11 bits per heavy atom. The van der Waals surface area contributed by atoms with Crippen LogP contribution in [0.5, 0.6) is 0 Å². The minimum absolute atomic E-state index is 0.0980. The van der Waals surface area contributed by atoms with Gasteiger partial charge in [-0.15, -0.1) is 0 Å². The second-order valence-electron chi connectivity index (χ2n) is 4.99. The summed E-state index contributed by atoms with van der Waals surface area (Å²) < 4.78 is 5.46. The predicted molar refractivity (Wildman–Crippen MR) is 76.7 cm³/mol. The second-order valence-corrected chi connectivity index (χ2v) is 4.99. The summed E-state index contributed by atoms with van der Waals surface area (Å²) >= 11 is 0. The highest BCUT2D eigenvalue weighted by Gasteiger charge is 2.22. The SMILES string of the molecule is CCN(C)c1ccc(C(=O)N2CCOC(C)C2)cc1. The zero-order valence-corrected chi connectivity index (χ0v) is 11.9. The van der Waals surface area contributed by atoms with Crippen LogP contribution >= 0.6 is 0 Å². The minimum atomic E-state index is 0.0980. The number of carbonyl (C=O) groups excluding carboxylic acids is 1. The van der Waals surface area contributed by atoms with Gasteiger partial charge in [0.05, 0.1) is 12.7 Å². The van der Waals surface area contributed by atoms with Crippen LogP contribution in [0.15, 0.2) is 24.3 Å². The molecule has 4 heteroatoms. The van der Waals surface area contributed by atoms with E-state index in [1.54, 1.807) is 0 Å². The predicted octanol–water partition coefficient (Wildman–Crippen LogP) is 2.00. The lowest BCUT2D eigenvalue weighted by molar-refractivity contribution is -0.0124. The van der Waals surface area contributed by atoms with Gasteiger partial charge < -0.3 is 14.5 Å². The van der Waals surface area contributed by atoms with Gasteiger partial charge in [0.1, 0.15) is 0 Å². The van der Waals surface area contributed by atoms with Crippen molar-refractivity contribution in [2.45, 2.75) is 20.0 Å². The minimum Gasteiger partial charge on any atom is -0.375 e. The molecule has 1 aliphatic heterocycles. The molecule has 1 heterocycles.